The van der Waals surface area contributed by atoms with Crippen LogP contribution in [0.25, 0.3) is 0 Å². The van der Waals surface area contributed by atoms with Gasteiger partial charge in [-0.1, -0.05) is 12.1 Å². The fraction of sp³-hybridized carbons (Fsp3) is 0.625. The number of ketones is 1. The van der Waals surface area contributed by atoms with Crippen LogP contribution < -0.4 is 9.47 Å². The smallest absolute Gasteiger partial charge is 0.174 e. The van der Waals surface area contributed by atoms with Crippen LogP contribution in [0, 0.1) is 11.3 Å². The van der Waals surface area contributed by atoms with Gasteiger partial charge < -0.3 is 9.47 Å². The van der Waals surface area contributed by atoms with Crippen molar-refractivity contribution in [3.8, 4) is 11.5 Å². The maximum Gasteiger partial charge on any atom is 0.174 e. The number of allylic oxidation sites excluding steroid dienone is 1. The van der Waals surface area contributed by atoms with Crippen molar-refractivity contribution in [2.45, 2.75) is 62.5 Å². The number of carbonyl (C=O) groups is 1. The normalized spacial score (nSPS) is 38.0. The summed E-state index contributed by atoms with van der Waals surface area (Å²) in [6.07, 6.45) is 9.12. The van der Waals surface area contributed by atoms with Crippen LogP contribution in [0.15, 0.2) is 24.8 Å². The van der Waals surface area contributed by atoms with Gasteiger partial charge in [-0.2, -0.15) is 0 Å². The highest BCUT2D eigenvalue weighted by Crippen LogP contribution is 2.69. The maximum absolute atomic E-state index is 13.1. The summed E-state index contributed by atoms with van der Waals surface area (Å²) in [7, 11) is 1.70. The van der Waals surface area contributed by atoms with Gasteiger partial charge in [0.15, 0.2) is 23.4 Å². The van der Waals surface area contributed by atoms with Gasteiger partial charge in [0.05, 0.1) is 12.5 Å². The lowest BCUT2D eigenvalue weighted by atomic mass is 9.42. The molecule has 4 nitrogen and oxygen atoms in total. The highest BCUT2D eigenvalue weighted by atomic mass is 16.5. The van der Waals surface area contributed by atoms with Crippen molar-refractivity contribution < 1.29 is 14.3 Å². The molecule has 3 aliphatic carbocycles. The Labute approximate surface area is 166 Å². The van der Waals surface area contributed by atoms with Crippen LogP contribution in [0.1, 0.15) is 49.7 Å². The summed E-state index contributed by atoms with van der Waals surface area (Å²) in [6.45, 7) is 6.44. The third-order valence-electron chi connectivity index (χ3n) is 8.54. The Kier molecular flexibility index (Phi) is 3.43. The highest BCUT2D eigenvalue weighted by Gasteiger charge is 2.72. The molecule has 28 heavy (non-hydrogen) atoms. The van der Waals surface area contributed by atoms with Crippen molar-refractivity contribution in [1.82, 2.24) is 4.90 Å². The number of ether oxygens (including phenoxy) is 2. The predicted molar refractivity (Wildman–Crippen MR) is 107 cm³/mol. The molecule has 1 spiro atoms. The Morgan fingerprint density at radius 3 is 2.96 bits per heavy atom. The summed E-state index contributed by atoms with van der Waals surface area (Å²) in [5.74, 6) is 2.79. The van der Waals surface area contributed by atoms with Gasteiger partial charge in [-0.25, -0.2) is 0 Å². The molecule has 0 N–H and O–H groups in total. The van der Waals surface area contributed by atoms with Crippen molar-refractivity contribution >= 4 is 5.78 Å². The van der Waals surface area contributed by atoms with Crippen LogP contribution in [0.4, 0.5) is 0 Å². The Balaban J connectivity index is 1.60. The maximum atomic E-state index is 13.1. The molecule has 0 aromatic heterocycles. The number of carbonyl (C=O) groups excluding carboxylic acids is 1. The van der Waals surface area contributed by atoms with E-state index in [0.29, 0.717) is 12.5 Å². The SMILES string of the molecule is C=CC[C@@]12CCC(=O)[C@@H]3Oc4c(OC)ccc5c4[C@@]31CCN(CC1CC1)[C@@H]2C5. The lowest BCUT2D eigenvalue weighted by Crippen LogP contribution is -2.72. The second-order valence-electron chi connectivity index (χ2n) is 9.62. The number of benzene rings is 1. The number of rotatable bonds is 5. The third kappa shape index (κ3) is 1.88. The zero-order chi connectivity index (χ0) is 19.1. The van der Waals surface area contributed by atoms with Crippen molar-refractivity contribution in [1.29, 1.82) is 0 Å². The van der Waals surface area contributed by atoms with Crippen molar-refractivity contribution in [2.75, 3.05) is 20.2 Å². The fourth-order valence-electron chi connectivity index (χ4n) is 7.30. The minimum atomic E-state index is -0.350. The molecule has 2 heterocycles. The van der Waals surface area contributed by atoms with E-state index in [4.69, 9.17) is 9.47 Å². The van der Waals surface area contributed by atoms with Crippen molar-refractivity contribution in [2.24, 2.45) is 11.3 Å². The minimum Gasteiger partial charge on any atom is -0.493 e. The van der Waals surface area contributed by atoms with Crippen LogP contribution >= 0.6 is 0 Å². The molecule has 148 valence electrons. The van der Waals surface area contributed by atoms with Gasteiger partial charge >= 0.3 is 0 Å². The van der Waals surface area contributed by atoms with Gasteiger partial charge in [0, 0.05) is 30.0 Å². The number of piperidine rings is 1. The Morgan fingerprint density at radius 2 is 2.21 bits per heavy atom. The molecule has 6 rings (SSSR count). The molecule has 2 aliphatic heterocycles. The molecular formula is C24H29NO3. The number of methoxy groups -OCH3 is 1. The average Bonchev–Trinajstić information content (AvgIpc) is 3.44. The van der Waals surface area contributed by atoms with Gasteiger partial charge in [-0.3, -0.25) is 9.69 Å². The first kappa shape index (κ1) is 17.1. The molecule has 4 atom stereocenters. The summed E-state index contributed by atoms with van der Waals surface area (Å²) >= 11 is 0. The molecule has 0 radical (unpaired) electrons. The lowest BCUT2D eigenvalue weighted by Gasteiger charge is -2.65. The summed E-state index contributed by atoms with van der Waals surface area (Å²) in [5, 5.41) is 0. The molecule has 0 unspecified atom stereocenters. The van der Waals surface area contributed by atoms with E-state index < -0.39 is 0 Å². The monoisotopic (exact) mass is 379 g/mol. The van der Waals surface area contributed by atoms with E-state index in [1.807, 2.05) is 6.07 Å². The summed E-state index contributed by atoms with van der Waals surface area (Å²) in [4.78, 5) is 15.9. The van der Waals surface area contributed by atoms with E-state index in [1.54, 1.807) is 7.11 Å². The summed E-state index contributed by atoms with van der Waals surface area (Å²) < 4.78 is 12.1. The first-order chi connectivity index (χ1) is 13.6. The van der Waals surface area contributed by atoms with Crippen molar-refractivity contribution in [3.05, 3.63) is 35.9 Å². The quantitative estimate of drug-likeness (QED) is 0.732. The number of hydrogen-bond acceptors (Lipinski definition) is 4. The lowest BCUT2D eigenvalue weighted by molar-refractivity contribution is -0.155. The Bertz CT molecular complexity index is 875. The van der Waals surface area contributed by atoms with Crippen LogP contribution in [-0.2, 0) is 16.6 Å². The molecule has 2 saturated carbocycles. The second-order valence-corrected chi connectivity index (χ2v) is 9.62. The molecule has 3 fully saturated rings. The Hall–Kier alpha value is -1.81. The average molecular weight is 380 g/mol. The molecule has 1 aromatic carbocycles. The van der Waals surface area contributed by atoms with E-state index in [1.165, 1.54) is 30.5 Å². The fourth-order valence-corrected chi connectivity index (χ4v) is 7.30. The molecule has 1 saturated heterocycles. The van der Waals surface area contributed by atoms with E-state index in [-0.39, 0.29) is 22.7 Å². The number of likely N-dealkylation sites (tertiary alicyclic amines) is 1. The zero-order valence-corrected chi connectivity index (χ0v) is 16.7. The predicted octanol–water partition coefficient (Wildman–Crippen LogP) is 3.66. The molecule has 0 amide bonds. The number of Topliss-reactive ketones (excluding diaryl/α,β-unsaturated/α-hetero) is 1. The molecular weight excluding hydrogens is 350 g/mol. The zero-order valence-electron chi connectivity index (χ0n) is 16.7. The van der Waals surface area contributed by atoms with Crippen LogP contribution in [0.3, 0.4) is 0 Å². The second kappa shape index (κ2) is 5.63. The first-order valence-electron chi connectivity index (χ1n) is 10.9. The topological polar surface area (TPSA) is 38.8 Å². The van der Waals surface area contributed by atoms with Crippen LogP contribution in [0.2, 0.25) is 0 Å². The van der Waals surface area contributed by atoms with Gasteiger partial charge in [0.2, 0.25) is 0 Å². The Morgan fingerprint density at radius 1 is 1.36 bits per heavy atom. The van der Waals surface area contributed by atoms with E-state index in [9.17, 15) is 4.79 Å². The van der Waals surface area contributed by atoms with Gasteiger partial charge in [0.1, 0.15) is 0 Å². The van der Waals surface area contributed by atoms with Gasteiger partial charge in [0.25, 0.3) is 0 Å². The van der Waals surface area contributed by atoms with Gasteiger partial charge in [-0.15, -0.1) is 6.58 Å². The van der Waals surface area contributed by atoms with E-state index in [0.717, 1.165) is 49.6 Å². The minimum absolute atomic E-state index is 0.0467. The first-order valence-corrected chi connectivity index (χ1v) is 10.9. The molecule has 2 bridgehead atoms. The third-order valence-corrected chi connectivity index (χ3v) is 8.54. The van der Waals surface area contributed by atoms with Crippen LogP contribution in [0.5, 0.6) is 11.5 Å². The number of hydrogen-bond donors (Lipinski definition) is 0. The largest absolute Gasteiger partial charge is 0.493 e. The molecule has 5 aliphatic rings. The highest BCUT2D eigenvalue weighted by molar-refractivity contribution is 5.89. The summed E-state index contributed by atoms with van der Waals surface area (Å²) in [5.41, 5.74) is 2.51. The van der Waals surface area contributed by atoms with E-state index >= 15 is 0 Å². The van der Waals surface area contributed by atoms with Gasteiger partial charge in [-0.05, 0) is 62.6 Å². The van der Waals surface area contributed by atoms with Crippen LogP contribution in [-0.4, -0.2) is 43.0 Å². The summed E-state index contributed by atoms with van der Waals surface area (Å²) in [6, 6.07) is 4.75. The molecule has 4 heteroatoms. The standard InChI is InChI=1S/C24H29NO3/c1-3-9-23-10-8-17(26)22-24(23)11-12-25(14-15-4-5-15)19(23)13-16-6-7-18(27-2)21(28-22)20(16)24/h3,6-7,15,19,22H,1,4-5,8-14H2,2H3/t19-,22+,23+,24+/m1/s1. The van der Waals surface area contributed by atoms with Crippen molar-refractivity contribution in [3.63, 3.8) is 0 Å². The van der Waals surface area contributed by atoms with E-state index in [2.05, 4.69) is 23.6 Å². The molecule has 1 aromatic rings. The number of nitrogens with zero attached hydrogens (tertiary/aromatic N) is 1.